The Bertz CT molecular complexity index is 599. The first-order valence-electron chi connectivity index (χ1n) is 6.77. The third-order valence-electron chi connectivity index (χ3n) is 3.77. The summed E-state index contributed by atoms with van der Waals surface area (Å²) in [7, 11) is -3.54. The summed E-state index contributed by atoms with van der Waals surface area (Å²) in [5, 5.41) is 0. The highest BCUT2D eigenvalue weighted by atomic mass is 79.9. The minimum absolute atomic E-state index is 0.00270. The summed E-state index contributed by atoms with van der Waals surface area (Å²) in [5.74, 6) is 0. The van der Waals surface area contributed by atoms with Crippen molar-refractivity contribution in [2.45, 2.75) is 50.5 Å². The van der Waals surface area contributed by atoms with Gasteiger partial charge in [0.05, 0.1) is 4.90 Å². The van der Waals surface area contributed by atoms with Crippen LogP contribution in [0.1, 0.15) is 39.5 Å². The van der Waals surface area contributed by atoms with Gasteiger partial charge >= 0.3 is 0 Å². The molecule has 112 valence electrons. The lowest BCUT2D eigenvalue weighted by Crippen LogP contribution is -2.40. The number of halogens is 1. The van der Waals surface area contributed by atoms with Gasteiger partial charge in [0.1, 0.15) is 0 Å². The van der Waals surface area contributed by atoms with Gasteiger partial charge < -0.3 is 5.73 Å². The molecule has 0 aromatic heterocycles. The Kier molecular flexibility index (Phi) is 4.47. The summed E-state index contributed by atoms with van der Waals surface area (Å²) in [6.07, 6.45) is 3.96. The highest BCUT2D eigenvalue weighted by molar-refractivity contribution is 9.10. The topological polar surface area (TPSA) is 72.2 Å². The van der Waals surface area contributed by atoms with E-state index in [2.05, 4.69) is 34.5 Å². The highest BCUT2D eigenvalue weighted by Gasteiger charge is 2.31. The Labute approximate surface area is 129 Å². The summed E-state index contributed by atoms with van der Waals surface area (Å²) in [6.45, 7) is 4.37. The average Bonchev–Trinajstić information content (AvgIpc) is 2.30. The molecule has 0 spiro atoms. The molecule has 20 heavy (non-hydrogen) atoms. The van der Waals surface area contributed by atoms with Crippen molar-refractivity contribution >= 4 is 31.6 Å². The first kappa shape index (κ1) is 15.8. The van der Waals surface area contributed by atoms with Crippen LogP contribution in [0.3, 0.4) is 0 Å². The van der Waals surface area contributed by atoms with Crippen LogP contribution >= 0.6 is 15.9 Å². The molecule has 0 heterocycles. The second kappa shape index (κ2) is 5.66. The summed E-state index contributed by atoms with van der Waals surface area (Å²) >= 11 is 3.28. The summed E-state index contributed by atoms with van der Waals surface area (Å²) in [5.41, 5.74) is 6.32. The number of rotatable bonds is 3. The van der Waals surface area contributed by atoms with E-state index >= 15 is 0 Å². The van der Waals surface area contributed by atoms with Gasteiger partial charge in [-0.15, -0.1) is 0 Å². The van der Waals surface area contributed by atoms with Crippen molar-refractivity contribution in [1.29, 1.82) is 0 Å². The van der Waals surface area contributed by atoms with Crippen LogP contribution in [0.4, 0.5) is 5.69 Å². The molecule has 3 N–H and O–H groups in total. The van der Waals surface area contributed by atoms with Gasteiger partial charge in [-0.05, 0) is 58.8 Å². The zero-order valence-electron chi connectivity index (χ0n) is 11.8. The third-order valence-corrected chi connectivity index (χ3v) is 6.29. The summed E-state index contributed by atoms with van der Waals surface area (Å²) in [6, 6.07) is 4.82. The van der Waals surface area contributed by atoms with E-state index in [-0.39, 0.29) is 16.4 Å². The van der Waals surface area contributed by atoms with Gasteiger partial charge in [0.2, 0.25) is 10.0 Å². The van der Waals surface area contributed by atoms with Crippen LogP contribution in [0.5, 0.6) is 0 Å². The molecule has 1 unspecified atom stereocenters. The van der Waals surface area contributed by atoms with E-state index in [4.69, 9.17) is 5.73 Å². The lowest BCUT2D eigenvalue weighted by atomic mass is 9.75. The summed E-state index contributed by atoms with van der Waals surface area (Å²) in [4.78, 5) is 0.209. The average molecular weight is 361 g/mol. The van der Waals surface area contributed by atoms with Crippen molar-refractivity contribution < 1.29 is 8.42 Å². The van der Waals surface area contributed by atoms with Gasteiger partial charge in [-0.3, -0.25) is 0 Å². The van der Waals surface area contributed by atoms with Gasteiger partial charge in [0.25, 0.3) is 0 Å². The second-order valence-electron chi connectivity index (χ2n) is 6.27. The number of anilines is 1. The molecule has 4 nitrogen and oxygen atoms in total. The number of nitrogens with two attached hydrogens (primary N) is 1. The van der Waals surface area contributed by atoms with Crippen LogP contribution < -0.4 is 10.5 Å². The van der Waals surface area contributed by atoms with E-state index in [9.17, 15) is 8.42 Å². The second-order valence-corrected chi connectivity index (χ2v) is 8.81. The molecule has 1 atom stereocenters. The van der Waals surface area contributed by atoms with Gasteiger partial charge in [-0.2, -0.15) is 0 Å². The van der Waals surface area contributed by atoms with Gasteiger partial charge in [0, 0.05) is 16.2 Å². The van der Waals surface area contributed by atoms with Crippen LogP contribution in [0.25, 0.3) is 0 Å². The fraction of sp³-hybridized carbons (Fsp3) is 0.571. The van der Waals surface area contributed by atoms with E-state index in [0.717, 1.165) is 25.7 Å². The molecular formula is C14H21BrN2O2S. The summed E-state index contributed by atoms with van der Waals surface area (Å²) < 4.78 is 28.3. The molecule has 0 bridgehead atoms. The predicted octanol–water partition coefficient (Wildman–Crippen LogP) is 3.28. The van der Waals surface area contributed by atoms with Crippen molar-refractivity contribution in [3.8, 4) is 0 Å². The van der Waals surface area contributed by atoms with Crippen molar-refractivity contribution in [2.24, 2.45) is 5.41 Å². The van der Waals surface area contributed by atoms with Crippen molar-refractivity contribution in [2.75, 3.05) is 5.73 Å². The molecule has 0 saturated heterocycles. The molecule has 0 amide bonds. The minimum Gasteiger partial charge on any atom is -0.399 e. The molecule has 1 saturated carbocycles. The Hall–Kier alpha value is -0.590. The zero-order chi connectivity index (χ0) is 15.0. The third kappa shape index (κ3) is 3.74. The standard InChI is InChI=1S/C14H21BrN2O2S/c1-14(2)7-3-4-11(9-14)17-20(18,19)13-8-10(16)5-6-12(13)15/h5-6,8,11,17H,3-4,7,9,16H2,1-2H3. The monoisotopic (exact) mass is 360 g/mol. The molecule has 0 aliphatic heterocycles. The first-order chi connectivity index (χ1) is 9.20. The highest BCUT2D eigenvalue weighted by Crippen LogP contribution is 2.36. The lowest BCUT2D eigenvalue weighted by Gasteiger charge is -2.35. The van der Waals surface area contributed by atoms with Gasteiger partial charge in [-0.25, -0.2) is 13.1 Å². The van der Waals surface area contributed by atoms with Crippen molar-refractivity contribution in [1.82, 2.24) is 4.72 Å². The molecule has 1 fully saturated rings. The molecule has 1 aliphatic rings. The predicted molar refractivity (Wildman–Crippen MR) is 84.9 cm³/mol. The molecule has 1 aromatic rings. The number of sulfonamides is 1. The molecule has 1 aliphatic carbocycles. The van der Waals surface area contributed by atoms with Crippen LogP contribution in [-0.2, 0) is 10.0 Å². The minimum atomic E-state index is -3.54. The number of benzene rings is 1. The Morgan fingerprint density at radius 1 is 1.40 bits per heavy atom. The number of nitrogen functional groups attached to an aromatic ring is 1. The molecular weight excluding hydrogens is 340 g/mol. The van der Waals surface area contributed by atoms with Crippen molar-refractivity contribution in [3.63, 3.8) is 0 Å². The number of hydrogen-bond acceptors (Lipinski definition) is 3. The van der Waals surface area contributed by atoms with Gasteiger partial charge in [0.15, 0.2) is 0 Å². The van der Waals surface area contributed by atoms with Crippen LogP contribution in [-0.4, -0.2) is 14.5 Å². The lowest BCUT2D eigenvalue weighted by molar-refractivity contribution is 0.212. The fourth-order valence-electron chi connectivity index (χ4n) is 2.81. The largest absolute Gasteiger partial charge is 0.399 e. The number of nitrogens with one attached hydrogen (secondary N) is 1. The quantitative estimate of drug-likeness (QED) is 0.812. The maximum absolute atomic E-state index is 12.5. The number of hydrogen-bond donors (Lipinski definition) is 2. The van der Waals surface area contributed by atoms with Crippen LogP contribution in [0, 0.1) is 5.41 Å². The van der Waals surface area contributed by atoms with Gasteiger partial charge in [-0.1, -0.05) is 20.3 Å². The smallest absolute Gasteiger partial charge is 0.242 e. The Balaban J connectivity index is 2.21. The molecule has 2 rings (SSSR count). The maximum atomic E-state index is 12.5. The van der Waals surface area contributed by atoms with E-state index in [1.165, 1.54) is 6.07 Å². The molecule has 1 aromatic carbocycles. The fourth-order valence-corrected chi connectivity index (χ4v) is 5.08. The molecule has 6 heteroatoms. The normalized spacial score (nSPS) is 22.6. The Morgan fingerprint density at radius 2 is 2.10 bits per heavy atom. The Morgan fingerprint density at radius 3 is 2.75 bits per heavy atom. The molecule has 0 radical (unpaired) electrons. The van der Waals surface area contributed by atoms with Crippen LogP contribution in [0.15, 0.2) is 27.6 Å². The van der Waals surface area contributed by atoms with Crippen molar-refractivity contribution in [3.05, 3.63) is 22.7 Å². The van der Waals surface area contributed by atoms with E-state index in [1.807, 2.05) is 0 Å². The first-order valence-corrected chi connectivity index (χ1v) is 9.05. The van der Waals surface area contributed by atoms with E-state index < -0.39 is 10.0 Å². The SMILES string of the molecule is CC1(C)CCCC(NS(=O)(=O)c2cc(N)ccc2Br)C1. The van der Waals surface area contributed by atoms with E-state index in [1.54, 1.807) is 12.1 Å². The maximum Gasteiger partial charge on any atom is 0.242 e. The zero-order valence-corrected chi connectivity index (χ0v) is 14.2. The van der Waals surface area contributed by atoms with E-state index in [0.29, 0.717) is 10.2 Å². The van der Waals surface area contributed by atoms with Crippen LogP contribution in [0.2, 0.25) is 0 Å².